The molecule has 1 heterocycles. The summed E-state index contributed by atoms with van der Waals surface area (Å²) in [6.45, 7) is 6.33. The second-order valence-corrected chi connectivity index (χ2v) is 5.43. The average Bonchev–Trinajstić information content (AvgIpc) is 2.81. The van der Waals surface area contributed by atoms with Gasteiger partial charge >= 0.3 is 6.01 Å². The first-order chi connectivity index (χ1) is 8.48. The summed E-state index contributed by atoms with van der Waals surface area (Å²) in [4.78, 5) is 0. The normalized spacial score (nSPS) is 27.6. The van der Waals surface area contributed by atoms with E-state index in [0.29, 0.717) is 17.9 Å². The Morgan fingerprint density at radius 3 is 2.72 bits per heavy atom. The molecule has 0 amide bonds. The van der Waals surface area contributed by atoms with Gasteiger partial charge in [0.2, 0.25) is 5.89 Å². The van der Waals surface area contributed by atoms with E-state index in [4.69, 9.17) is 9.15 Å². The summed E-state index contributed by atoms with van der Waals surface area (Å²) in [5.41, 5.74) is 0.0814. The topological polar surface area (TPSA) is 72.2 Å². The summed E-state index contributed by atoms with van der Waals surface area (Å²) in [6.07, 6.45) is 1.25. The van der Waals surface area contributed by atoms with Crippen LogP contribution in [0.5, 0.6) is 0 Å². The molecule has 3 unspecified atom stereocenters. The number of ether oxygens (including phenoxy) is 1. The summed E-state index contributed by atoms with van der Waals surface area (Å²) in [5, 5.41) is 14.4. The summed E-state index contributed by atoms with van der Waals surface area (Å²) in [7, 11) is 3.61. The van der Waals surface area contributed by atoms with E-state index >= 15 is 0 Å². The molecule has 0 aliphatic heterocycles. The smallest absolute Gasteiger partial charge is 0.315 e. The van der Waals surface area contributed by atoms with Gasteiger partial charge < -0.3 is 19.8 Å². The van der Waals surface area contributed by atoms with Gasteiger partial charge in [0.05, 0.1) is 12.1 Å². The van der Waals surface area contributed by atoms with Crippen LogP contribution in [0.3, 0.4) is 0 Å². The Balaban J connectivity index is 1.97. The number of nitrogens with zero attached hydrogens (tertiary/aromatic N) is 2. The van der Waals surface area contributed by atoms with Crippen molar-refractivity contribution in [3.8, 4) is 0 Å². The van der Waals surface area contributed by atoms with E-state index in [1.807, 2.05) is 14.0 Å². The molecular formula is C12H22N4O2. The molecule has 1 aliphatic rings. The SMILES string of the molecule is CNC(C)c1nnc(NC2CC(OC)C2(C)C)o1. The molecule has 1 aromatic heterocycles. The van der Waals surface area contributed by atoms with Gasteiger partial charge in [-0.2, -0.15) is 0 Å². The number of hydrogen-bond acceptors (Lipinski definition) is 6. The van der Waals surface area contributed by atoms with Gasteiger partial charge in [-0.25, -0.2) is 0 Å². The molecule has 0 aromatic carbocycles. The van der Waals surface area contributed by atoms with Gasteiger partial charge in [-0.15, -0.1) is 5.10 Å². The fourth-order valence-electron chi connectivity index (χ4n) is 2.27. The van der Waals surface area contributed by atoms with Gasteiger partial charge in [0.1, 0.15) is 0 Å². The molecule has 1 aromatic rings. The molecule has 102 valence electrons. The number of nitrogens with one attached hydrogen (secondary N) is 2. The molecule has 1 aliphatic carbocycles. The van der Waals surface area contributed by atoms with Gasteiger partial charge in [-0.05, 0) is 20.4 Å². The van der Waals surface area contributed by atoms with Crippen molar-refractivity contribution >= 4 is 6.01 Å². The first-order valence-electron chi connectivity index (χ1n) is 6.29. The lowest BCUT2D eigenvalue weighted by Gasteiger charge is -2.50. The van der Waals surface area contributed by atoms with Crippen molar-refractivity contribution in [3.63, 3.8) is 0 Å². The van der Waals surface area contributed by atoms with Crippen LogP contribution >= 0.6 is 0 Å². The van der Waals surface area contributed by atoms with Crippen molar-refractivity contribution in [3.05, 3.63) is 5.89 Å². The van der Waals surface area contributed by atoms with Crippen molar-refractivity contribution in [1.29, 1.82) is 0 Å². The van der Waals surface area contributed by atoms with Crippen molar-refractivity contribution in [2.45, 2.75) is 45.4 Å². The number of aromatic nitrogens is 2. The number of anilines is 1. The standard InChI is InChI=1S/C12H22N4O2/c1-7(13-4)10-15-16-11(18-10)14-8-6-9(17-5)12(8,2)3/h7-9,13H,6H2,1-5H3,(H,14,16). The van der Waals surface area contributed by atoms with Gasteiger partial charge in [0.15, 0.2) is 0 Å². The maximum absolute atomic E-state index is 5.57. The Labute approximate surface area is 107 Å². The van der Waals surface area contributed by atoms with Crippen LogP contribution in [-0.2, 0) is 4.74 Å². The second kappa shape index (κ2) is 4.85. The molecule has 0 saturated heterocycles. The fourth-order valence-corrected chi connectivity index (χ4v) is 2.27. The summed E-state index contributed by atoms with van der Waals surface area (Å²) in [6, 6.07) is 0.856. The minimum atomic E-state index is 0.0641. The summed E-state index contributed by atoms with van der Waals surface area (Å²) < 4.78 is 11.0. The predicted molar refractivity (Wildman–Crippen MR) is 68.4 cm³/mol. The second-order valence-electron chi connectivity index (χ2n) is 5.43. The van der Waals surface area contributed by atoms with E-state index in [-0.39, 0.29) is 17.6 Å². The summed E-state index contributed by atoms with van der Waals surface area (Å²) >= 11 is 0. The van der Waals surface area contributed by atoms with Crippen LogP contribution in [0.4, 0.5) is 6.01 Å². The molecule has 1 saturated carbocycles. The Hall–Kier alpha value is -1.14. The highest BCUT2D eigenvalue weighted by molar-refractivity contribution is 5.25. The molecule has 6 nitrogen and oxygen atoms in total. The van der Waals surface area contributed by atoms with Crippen molar-refractivity contribution in [2.24, 2.45) is 5.41 Å². The zero-order chi connectivity index (χ0) is 13.3. The van der Waals surface area contributed by atoms with Crippen molar-refractivity contribution < 1.29 is 9.15 Å². The highest BCUT2D eigenvalue weighted by Crippen LogP contribution is 2.43. The third-order valence-electron chi connectivity index (χ3n) is 4.00. The van der Waals surface area contributed by atoms with E-state index in [1.54, 1.807) is 7.11 Å². The molecular weight excluding hydrogens is 232 g/mol. The zero-order valence-electron chi connectivity index (χ0n) is 11.7. The van der Waals surface area contributed by atoms with Crippen LogP contribution in [0.15, 0.2) is 4.42 Å². The van der Waals surface area contributed by atoms with Crippen LogP contribution < -0.4 is 10.6 Å². The van der Waals surface area contributed by atoms with E-state index in [0.717, 1.165) is 6.42 Å². The van der Waals surface area contributed by atoms with Crippen LogP contribution in [0.2, 0.25) is 0 Å². The number of methoxy groups -OCH3 is 1. The quantitative estimate of drug-likeness (QED) is 0.831. The minimum Gasteiger partial charge on any atom is -0.406 e. The Bertz CT molecular complexity index is 405. The molecule has 0 bridgehead atoms. The van der Waals surface area contributed by atoms with Crippen LogP contribution in [0.25, 0.3) is 0 Å². The van der Waals surface area contributed by atoms with Crippen LogP contribution in [0.1, 0.15) is 39.1 Å². The van der Waals surface area contributed by atoms with Crippen LogP contribution in [-0.4, -0.2) is 36.5 Å². The molecule has 2 N–H and O–H groups in total. The third kappa shape index (κ3) is 2.22. The zero-order valence-corrected chi connectivity index (χ0v) is 11.7. The monoisotopic (exact) mass is 254 g/mol. The molecule has 6 heteroatoms. The molecule has 3 atom stereocenters. The first-order valence-corrected chi connectivity index (χ1v) is 6.29. The first kappa shape index (κ1) is 13.3. The highest BCUT2D eigenvalue weighted by atomic mass is 16.5. The van der Waals surface area contributed by atoms with E-state index in [1.165, 1.54) is 0 Å². The van der Waals surface area contributed by atoms with E-state index in [9.17, 15) is 0 Å². The molecule has 1 fully saturated rings. The maximum atomic E-state index is 5.57. The largest absolute Gasteiger partial charge is 0.406 e. The van der Waals surface area contributed by atoms with Gasteiger partial charge in [0, 0.05) is 18.6 Å². The molecule has 2 rings (SSSR count). The minimum absolute atomic E-state index is 0.0641. The maximum Gasteiger partial charge on any atom is 0.315 e. The molecule has 0 radical (unpaired) electrons. The molecule has 18 heavy (non-hydrogen) atoms. The van der Waals surface area contributed by atoms with E-state index < -0.39 is 0 Å². The number of hydrogen-bond donors (Lipinski definition) is 2. The van der Waals surface area contributed by atoms with E-state index in [2.05, 4.69) is 34.7 Å². The molecule has 0 spiro atoms. The van der Waals surface area contributed by atoms with Crippen LogP contribution in [0, 0.1) is 5.41 Å². The lowest BCUT2D eigenvalue weighted by molar-refractivity contribution is -0.0800. The number of rotatable bonds is 5. The Morgan fingerprint density at radius 1 is 1.44 bits per heavy atom. The fraction of sp³-hybridized carbons (Fsp3) is 0.833. The van der Waals surface area contributed by atoms with Gasteiger partial charge in [-0.3, -0.25) is 0 Å². The highest BCUT2D eigenvalue weighted by Gasteiger charge is 2.49. The van der Waals surface area contributed by atoms with Gasteiger partial charge in [0.25, 0.3) is 0 Å². The Morgan fingerprint density at radius 2 is 2.17 bits per heavy atom. The van der Waals surface area contributed by atoms with Crippen molar-refractivity contribution in [2.75, 3.05) is 19.5 Å². The van der Waals surface area contributed by atoms with Gasteiger partial charge in [-0.1, -0.05) is 18.9 Å². The lowest BCUT2D eigenvalue weighted by atomic mass is 9.64. The Kier molecular flexibility index (Phi) is 3.59. The summed E-state index contributed by atoms with van der Waals surface area (Å²) in [5.74, 6) is 0.598. The third-order valence-corrected chi connectivity index (χ3v) is 4.00. The average molecular weight is 254 g/mol. The predicted octanol–water partition coefficient (Wildman–Crippen LogP) is 1.58. The lowest BCUT2D eigenvalue weighted by Crippen LogP contribution is -2.57. The van der Waals surface area contributed by atoms with Crippen molar-refractivity contribution in [1.82, 2.24) is 15.5 Å².